The fourth-order valence-electron chi connectivity index (χ4n) is 2.96. The molecule has 0 amide bonds. The topological polar surface area (TPSA) is 29.3 Å². The van der Waals surface area contributed by atoms with E-state index in [1.54, 1.807) is 6.07 Å². The third-order valence-electron chi connectivity index (χ3n) is 4.27. The maximum absolute atomic E-state index is 14.2. The van der Waals surface area contributed by atoms with E-state index in [2.05, 4.69) is 29.2 Å². The number of halogens is 1. The average Bonchev–Trinajstić information content (AvgIpc) is 2.92. The van der Waals surface area contributed by atoms with E-state index >= 15 is 0 Å². The zero-order chi connectivity index (χ0) is 14.8. The van der Waals surface area contributed by atoms with Crippen molar-refractivity contribution in [3.63, 3.8) is 0 Å². The predicted octanol–water partition coefficient (Wildman–Crippen LogP) is 3.63. The van der Waals surface area contributed by atoms with E-state index in [9.17, 15) is 4.39 Å². The maximum atomic E-state index is 14.2. The molecule has 2 nitrogen and oxygen atoms in total. The van der Waals surface area contributed by atoms with E-state index in [1.807, 2.05) is 13.0 Å². The molecule has 2 N–H and O–H groups in total. The summed E-state index contributed by atoms with van der Waals surface area (Å²) >= 11 is 0. The van der Waals surface area contributed by atoms with Gasteiger partial charge in [-0.25, -0.2) is 4.39 Å². The van der Waals surface area contributed by atoms with Crippen LogP contribution in [0.3, 0.4) is 0 Å². The van der Waals surface area contributed by atoms with Gasteiger partial charge in [-0.2, -0.15) is 0 Å². The van der Waals surface area contributed by atoms with Crippen molar-refractivity contribution >= 4 is 5.69 Å². The number of hydrogen-bond acceptors (Lipinski definition) is 2. The molecule has 0 fully saturated rings. The van der Waals surface area contributed by atoms with Crippen LogP contribution < -0.4 is 10.6 Å². The number of hydrogen-bond donors (Lipinski definition) is 1. The molecule has 0 saturated carbocycles. The molecule has 1 atom stereocenters. The first-order valence-electron chi connectivity index (χ1n) is 7.53. The molecule has 0 aromatic heterocycles. The van der Waals surface area contributed by atoms with Crippen LogP contribution in [0.1, 0.15) is 30.0 Å². The fourth-order valence-corrected chi connectivity index (χ4v) is 2.96. The van der Waals surface area contributed by atoms with Crippen LogP contribution in [-0.4, -0.2) is 6.04 Å². The van der Waals surface area contributed by atoms with Gasteiger partial charge in [-0.1, -0.05) is 37.3 Å². The van der Waals surface area contributed by atoms with E-state index in [1.165, 1.54) is 17.2 Å². The summed E-state index contributed by atoms with van der Waals surface area (Å²) in [7, 11) is 0. The fraction of sp³-hybridized carbons (Fsp3) is 0.333. The number of anilines is 1. The molecular formula is C18H21FN2. The van der Waals surface area contributed by atoms with Gasteiger partial charge < -0.3 is 10.6 Å². The van der Waals surface area contributed by atoms with E-state index in [4.69, 9.17) is 5.73 Å². The van der Waals surface area contributed by atoms with Gasteiger partial charge in [0.05, 0.1) is 0 Å². The summed E-state index contributed by atoms with van der Waals surface area (Å²) in [6, 6.07) is 13.7. The molecule has 3 rings (SSSR count). The molecular weight excluding hydrogens is 263 g/mol. The second kappa shape index (κ2) is 5.86. The molecule has 21 heavy (non-hydrogen) atoms. The molecule has 0 radical (unpaired) electrons. The summed E-state index contributed by atoms with van der Waals surface area (Å²) in [5.74, 6) is -0.146. The first-order chi connectivity index (χ1) is 10.2. The average molecular weight is 284 g/mol. The lowest BCUT2D eigenvalue weighted by atomic mass is 10.0. The van der Waals surface area contributed by atoms with Crippen LogP contribution in [0.15, 0.2) is 42.5 Å². The van der Waals surface area contributed by atoms with E-state index in [-0.39, 0.29) is 11.9 Å². The molecule has 2 aromatic rings. The smallest absolute Gasteiger partial charge is 0.128 e. The number of benzene rings is 2. The highest BCUT2D eigenvalue weighted by atomic mass is 19.1. The number of fused-ring (bicyclic) bond motifs is 1. The summed E-state index contributed by atoms with van der Waals surface area (Å²) < 4.78 is 14.2. The van der Waals surface area contributed by atoms with Gasteiger partial charge in [0.2, 0.25) is 0 Å². The molecule has 2 aromatic carbocycles. The Hall–Kier alpha value is -1.87. The van der Waals surface area contributed by atoms with E-state index in [0.717, 1.165) is 30.8 Å². The van der Waals surface area contributed by atoms with Crippen molar-refractivity contribution in [2.45, 2.75) is 38.9 Å². The molecule has 1 aliphatic heterocycles. The van der Waals surface area contributed by atoms with E-state index in [0.29, 0.717) is 6.42 Å². The normalized spacial score (nSPS) is 15.1. The minimum Gasteiger partial charge on any atom is -0.363 e. The van der Waals surface area contributed by atoms with Crippen molar-refractivity contribution in [3.8, 4) is 0 Å². The zero-order valence-corrected chi connectivity index (χ0v) is 12.3. The Balaban J connectivity index is 1.91. The molecule has 0 bridgehead atoms. The summed E-state index contributed by atoms with van der Waals surface area (Å²) in [6.07, 6.45) is 1.44. The number of rotatable bonds is 4. The quantitative estimate of drug-likeness (QED) is 0.929. The summed E-state index contributed by atoms with van der Waals surface area (Å²) in [4.78, 5) is 2.24. The van der Waals surface area contributed by atoms with Gasteiger partial charge in [-0.15, -0.1) is 0 Å². The maximum Gasteiger partial charge on any atom is 0.128 e. The first kappa shape index (κ1) is 14.1. The molecule has 0 spiro atoms. The van der Waals surface area contributed by atoms with Crippen molar-refractivity contribution in [3.05, 3.63) is 65.0 Å². The van der Waals surface area contributed by atoms with Gasteiger partial charge in [0.1, 0.15) is 5.82 Å². The largest absolute Gasteiger partial charge is 0.363 e. The standard InChI is InChI=1S/C18H21FN2/c1-2-15(20)10-16-17(19)8-5-9-18(16)21-11-13-6-3-4-7-14(13)12-21/h3-9,15H,2,10-12,20H2,1H3. The lowest BCUT2D eigenvalue weighted by molar-refractivity contribution is 0.577. The highest BCUT2D eigenvalue weighted by Crippen LogP contribution is 2.32. The van der Waals surface area contributed by atoms with Gasteiger partial charge in [0.25, 0.3) is 0 Å². The SMILES string of the molecule is CCC(N)Cc1c(F)cccc1N1Cc2ccccc2C1. The van der Waals surface area contributed by atoms with Crippen LogP contribution >= 0.6 is 0 Å². The second-order valence-electron chi connectivity index (χ2n) is 5.73. The van der Waals surface area contributed by atoms with Gasteiger partial charge >= 0.3 is 0 Å². The van der Waals surface area contributed by atoms with Crippen LogP contribution in [-0.2, 0) is 19.5 Å². The van der Waals surface area contributed by atoms with Crippen LogP contribution in [0.25, 0.3) is 0 Å². The Labute approximate surface area is 125 Å². The van der Waals surface area contributed by atoms with Gasteiger partial charge in [0.15, 0.2) is 0 Å². The minimum absolute atomic E-state index is 0.00521. The monoisotopic (exact) mass is 284 g/mol. The van der Waals surface area contributed by atoms with Gasteiger partial charge in [0, 0.05) is 30.4 Å². The van der Waals surface area contributed by atoms with Crippen LogP contribution in [0, 0.1) is 5.82 Å². The third kappa shape index (κ3) is 2.79. The highest BCUT2D eigenvalue weighted by molar-refractivity contribution is 5.57. The molecule has 1 heterocycles. The Morgan fingerprint density at radius 2 is 1.76 bits per heavy atom. The number of nitrogens with two attached hydrogens (primary N) is 1. The van der Waals surface area contributed by atoms with Crippen LogP contribution in [0.4, 0.5) is 10.1 Å². The lowest BCUT2D eigenvalue weighted by Gasteiger charge is -2.23. The van der Waals surface area contributed by atoms with Crippen molar-refractivity contribution < 1.29 is 4.39 Å². The molecule has 110 valence electrons. The van der Waals surface area contributed by atoms with Crippen molar-refractivity contribution in [2.75, 3.05) is 4.90 Å². The zero-order valence-electron chi connectivity index (χ0n) is 12.3. The Morgan fingerprint density at radius 3 is 2.38 bits per heavy atom. The number of nitrogens with zero attached hydrogens (tertiary/aromatic N) is 1. The summed E-state index contributed by atoms with van der Waals surface area (Å²) in [6.45, 7) is 3.72. The lowest BCUT2D eigenvalue weighted by Crippen LogP contribution is -2.24. The predicted molar refractivity (Wildman–Crippen MR) is 84.7 cm³/mol. The minimum atomic E-state index is -0.146. The molecule has 1 aliphatic rings. The Kier molecular flexibility index (Phi) is 3.93. The molecule has 0 aliphatic carbocycles. The molecule has 3 heteroatoms. The Bertz CT molecular complexity index is 614. The van der Waals surface area contributed by atoms with Crippen LogP contribution in [0.2, 0.25) is 0 Å². The molecule has 0 saturated heterocycles. The van der Waals surface area contributed by atoms with E-state index < -0.39 is 0 Å². The van der Waals surface area contributed by atoms with Crippen molar-refractivity contribution in [2.24, 2.45) is 5.73 Å². The first-order valence-corrected chi connectivity index (χ1v) is 7.53. The second-order valence-corrected chi connectivity index (χ2v) is 5.73. The summed E-state index contributed by atoms with van der Waals surface area (Å²) in [5, 5.41) is 0. The van der Waals surface area contributed by atoms with Crippen molar-refractivity contribution in [1.82, 2.24) is 0 Å². The summed E-state index contributed by atoms with van der Waals surface area (Å²) in [5.41, 5.74) is 10.4. The van der Waals surface area contributed by atoms with Crippen molar-refractivity contribution in [1.29, 1.82) is 0 Å². The van der Waals surface area contributed by atoms with Gasteiger partial charge in [-0.3, -0.25) is 0 Å². The molecule has 1 unspecified atom stereocenters. The van der Waals surface area contributed by atoms with Crippen LogP contribution in [0.5, 0.6) is 0 Å². The third-order valence-corrected chi connectivity index (χ3v) is 4.27. The Morgan fingerprint density at radius 1 is 1.10 bits per heavy atom. The highest BCUT2D eigenvalue weighted by Gasteiger charge is 2.22. The van der Waals surface area contributed by atoms with Gasteiger partial charge in [-0.05, 0) is 36.1 Å².